The third-order valence-corrected chi connectivity index (χ3v) is 3.58. The van der Waals surface area contributed by atoms with Crippen LogP contribution in [0.15, 0.2) is 12.4 Å². The molecule has 1 fully saturated rings. The largest absolute Gasteiger partial charge is 0.357 e. The maximum Gasteiger partial charge on any atom is 0.104 e. The van der Waals surface area contributed by atoms with Gasteiger partial charge >= 0.3 is 0 Å². The molecule has 17 heavy (non-hydrogen) atoms. The first kappa shape index (κ1) is 12.7. The zero-order valence-electron chi connectivity index (χ0n) is 10.9. The molecule has 0 spiro atoms. The van der Waals surface area contributed by atoms with Crippen LogP contribution < -0.4 is 5.84 Å². The smallest absolute Gasteiger partial charge is 0.104 e. The predicted octanol–water partition coefficient (Wildman–Crippen LogP) is -0.0660. The van der Waals surface area contributed by atoms with Crippen LogP contribution in [0.5, 0.6) is 0 Å². The fourth-order valence-electron chi connectivity index (χ4n) is 2.35. The molecule has 2 rings (SSSR count). The molecule has 0 bridgehead atoms. The van der Waals surface area contributed by atoms with E-state index in [1.54, 1.807) is 5.01 Å². The molecule has 2 heterocycles. The summed E-state index contributed by atoms with van der Waals surface area (Å²) in [5.41, 5.74) is 0. The Morgan fingerprint density at radius 1 is 1.00 bits per heavy atom. The number of nitrogens with two attached hydrogens (primary N) is 1. The third-order valence-electron chi connectivity index (χ3n) is 3.58. The summed E-state index contributed by atoms with van der Waals surface area (Å²) in [5.74, 6) is 5.65. The zero-order valence-corrected chi connectivity index (χ0v) is 10.9. The second-order valence-corrected chi connectivity index (χ2v) is 5.12. The molecule has 0 aromatic heterocycles. The third kappa shape index (κ3) is 4.18. The maximum atomic E-state index is 5.65. The minimum absolute atomic E-state index is 0.842. The molecule has 0 aromatic rings. The van der Waals surface area contributed by atoms with Crippen LogP contribution in [0.1, 0.15) is 12.8 Å². The van der Waals surface area contributed by atoms with Gasteiger partial charge in [-0.25, -0.2) is 5.84 Å². The van der Waals surface area contributed by atoms with Crippen LogP contribution >= 0.6 is 0 Å². The van der Waals surface area contributed by atoms with Crippen molar-refractivity contribution in [1.29, 1.82) is 0 Å². The number of hydrazine groups is 1. The molecule has 2 N–H and O–H groups in total. The van der Waals surface area contributed by atoms with E-state index < -0.39 is 0 Å². The molecular formula is C12H25N5. The minimum atomic E-state index is 0.842. The van der Waals surface area contributed by atoms with Crippen molar-refractivity contribution in [1.82, 2.24) is 19.7 Å². The highest BCUT2D eigenvalue weighted by atomic mass is 15.5. The second-order valence-electron chi connectivity index (χ2n) is 5.12. The van der Waals surface area contributed by atoms with E-state index in [-0.39, 0.29) is 0 Å². The van der Waals surface area contributed by atoms with Crippen LogP contribution in [0, 0.1) is 0 Å². The van der Waals surface area contributed by atoms with Crippen molar-refractivity contribution in [2.45, 2.75) is 12.8 Å². The Kier molecular flexibility index (Phi) is 4.65. The fraction of sp³-hybridized carbons (Fsp3) is 0.833. The monoisotopic (exact) mass is 239 g/mol. The van der Waals surface area contributed by atoms with Crippen LogP contribution in [-0.2, 0) is 0 Å². The van der Waals surface area contributed by atoms with E-state index in [4.69, 9.17) is 5.84 Å². The lowest BCUT2D eigenvalue weighted by Crippen LogP contribution is -2.44. The summed E-state index contributed by atoms with van der Waals surface area (Å²) in [6.07, 6.45) is 6.56. The summed E-state index contributed by atoms with van der Waals surface area (Å²) in [5, 5.41) is 1.72. The summed E-state index contributed by atoms with van der Waals surface area (Å²) >= 11 is 0. The van der Waals surface area contributed by atoms with Gasteiger partial charge < -0.3 is 14.7 Å². The lowest BCUT2D eigenvalue weighted by Gasteiger charge is -2.32. The Hall–Kier alpha value is -0.780. The van der Waals surface area contributed by atoms with Gasteiger partial charge in [0, 0.05) is 45.1 Å². The molecule has 0 amide bonds. The predicted molar refractivity (Wildman–Crippen MR) is 69.9 cm³/mol. The molecule has 2 aliphatic heterocycles. The number of nitrogens with zero attached hydrogens (tertiary/aromatic N) is 4. The highest BCUT2D eigenvalue weighted by Gasteiger charge is 2.13. The van der Waals surface area contributed by atoms with Crippen LogP contribution in [-0.4, -0.2) is 72.7 Å². The average molecular weight is 239 g/mol. The van der Waals surface area contributed by atoms with Crippen molar-refractivity contribution in [3.63, 3.8) is 0 Å². The van der Waals surface area contributed by atoms with Crippen molar-refractivity contribution in [3.05, 3.63) is 12.4 Å². The SMILES string of the molecule is CN1CCN(CCCCN2C=CN(N)C2)CC1. The number of hydrogen-bond acceptors (Lipinski definition) is 5. The quantitative estimate of drug-likeness (QED) is 0.537. The van der Waals surface area contributed by atoms with Gasteiger partial charge in [-0.15, -0.1) is 0 Å². The first-order valence-corrected chi connectivity index (χ1v) is 6.58. The molecule has 2 aliphatic rings. The van der Waals surface area contributed by atoms with E-state index >= 15 is 0 Å². The Bertz CT molecular complexity index is 247. The highest BCUT2D eigenvalue weighted by Crippen LogP contribution is 2.06. The lowest BCUT2D eigenvalue weighted by atomic mass is 10.2. The molecule has 0 aliphatic carbocycles. The van der Waals surface area contributed by atoms with E-state index in [1.807, 2.05) is 6.20 Å². The lowest BCUT2D eigenvalue weighted by molar-refractivity contribution is 0.150. The van der Waals surface area contributed by atoms with Gasteiger partial charge in [-0.3, -0.25) is 5.01 Å². The van der Waals surface area contributed by atoms with Gasteiger partial charge in [0.2, 0.25) is 0 Å². The highest BCUT2D eigenvalue weighted by molar-refractivity contribution is 4.87. The number of likely N-dealkylation sites (N-methyl/N-ethyl adjacent to an activating group) is 1. The minimum Gasteiger partial charge on any atom is -0.357 e. The Labute approximate surface area is 104 Å². The van der Waals surface area contributed by atoms with Crippen molar-refractivity contribution >= 4 is 0 Å². The fourth-order valence-corrected chi connectivity index (χ4v) is 2.35. The Morgan fingerprint density at radius 3 is 2.35 bits per heavy atom. The van der Waals surface area contributed by atoms with Gasteiger partial charge in [0.15, 0.2) is 0 Å². The molecule has 0 unspecified atom stereocenters. The van der Waals surface area contributed by atoms with E-state index in [0.29, 0.717) is 0 Å². The zero-order chi connectivity index (χ0) is 12.1. The van der Waals surface area contributed by atoms with Crippen LogP contribution in [0.2, 0.25) is 0 Å². The van der Waals surface area contributed by atoms with Gasteiger partial charge in [0.1, 0.15) is 6.67 Å². The van der Waals surface area contributed by atoms with Crippen molar-refractivity contribution in [3.8, 4) is 0 Å². The normalized spacial score (nSPS) is 22.7. The molecule has 1 saturated heterocycles. The maximum absolute atomic E-state index is 5.65. The summed E-state index contributed by atoms with van der Waals surface area (Å²) in [4.78, 5) is 7.25. The molecule has 5 nitrogen and oxygen atoms in total. The average Bonchev–Trinajstić information content (AvgIpc) is 2.73. The molecular weight excluding hydrogens is 214 g/mol. The Balaban J connectivity index is 1.50. The van der Waals surface area contributed by atoms with Crippen molar-refractivity contribution in [2.75, 3.05) is 53.0 Å². The molecule has 0 aromatic carbocycles. The van der Waals surface area contributed by atoms with Gasteiger partial charge in [-0.1, -0.05) is 0 Å². The first-order chi connectivity index (χ1) is 8.24. The van der Waals surface area contributed by atoms with E-state index in [1.165, 1.54) is 45.6 Å². The van der Waals surface area contributed by atoms with E-state index in [0.717, 1.165) is 13.2 Å². The number of unbranched alkanes of at least 4 members (excludes halogenated alkanes) is 1. The Morgan fingerprint density at radius 2 is 1.71 bits per heavy atom. The molecule has 0 atom stereocenters. The molecule has 5 heteroatoms. The van der Waals surface area contributed by atoms with Crippen LogP contribution in [0.3, 0.4) is 0 Å². The van der Waals surface area contributed by atoms with Crippen LogP contribution in [0.25, 0.3) is 0 Å². The summed E-state index contributed by atoms with van der Waals surface area (Å²) < 4.78 is 0. The topological polar surface area (TPSA) is 39.0 Å². The number of rotatable bonds is 5. The standard InChI is InChI=1S/C12H25N5/c1-14-6-8-15(9-7-14)4-2-3-5-16-10-11-17(13)12-16/h10-11H,2-9,12-13H2,1H3. The van der Waals surface area contributed by atoms with Gasteiger partial charge in [0.05, 0.1) is 0 Å². The van der Waals surface area contributed by atoms with E-state index in [9.17, 15) is 0 Å². The van der Waals surface area contributed by atoms with Gasteiger partial charge in [-0.2, -0.15) is 0 Å². The molecule has 0 saturated carbocycles. The summed E-state index contributed by atoms with van der Waals surface area (Å²) in [6.45, 7) is 8.12. The first-order valence-electron chi connectivity index (χ1n) is 6.58. The second kappa shape index (κ2) is 6.23. The number of hydrogen-bond donors (Lipinski definition) is 1. The molecule has 0 radical (unpaired) electrons. The van der Waals surface area contributed by atoms with Crippen LogP contribution in [0.4, 0.5) is 0 Å². The van der Waals surface area contributed by atoms with Gasteiger partial charge in [0.25, 0.3) is 0 Å². The van der Waals surface area contributed by atoms with Crippen molar-refractivity contribution < 1.29 is 0 Å². The van der Waals surface area contributed by atoms with Gasteiger partial charge in [-0.05, 0) is 26.4 Å². The molecule has 98 valence electrons. The summed E-state index contributed by atoms with van der Waals surface area (Å²) in [7, 11) is 2.20. The number of piperazine rings is 1. The van der Waals surface area contributed by atoms with E-state index in [2.05, 4.69) is 27.9 Å². The summed E-state index contributed by atoms with van der Waals surface area (Å²) in [6, 6.07) is 0. The van der Waals surface area contributed by atoms with Crippen molar-refractivity contribution in [2.24, 2.45) is 5.84 Å².